The molecule has 1 fully saturated rings. The Kier molecular flexibility index (Phi) is 5.30. The molecule has 2 heterocycles. The average Bonchev–Trinajstić information content (AvgIpc) is 2.65. The molecule has 3 N–H and O–H groups in total. The summed E-state index contributed by atoms with van der Waals surface area (Å²) in [7, 11) is -0.534. The second kappa shape index (κ2) is 6.80. The molecule has 0 atom stereocenters. The third kappa shape index (κ3) is 4.22. The molecule has 1 aromatic rings. The van der Waals surface area contributed by atoms with E-state index in [0.717, 1.165) is 22.3 Å². The summed E-state index contributed by atoms with van der Waals surface area (Å²) in [4.78, 5) is 15.7. The average molecular weight is 345 g/mol. The predicted molar refractivity (Wildman–Crippen MR) is 101 cm³/mol. The number of rotatable bonds is 4. The van der Waals surface area contributed by atoms with Crippen molar-refractivity contribution in [1.82, 2.24) is 10.3 Å². The van der Waals surface area contributed by atoms with E-state index >= 15 is 0 Å². The van der Waals surface area contributed by atoms with E-state index in [0.29, 0.717) is 12.4 Å². The number of aromatic nitrogens is 1. The number of hydrogen-bond acceptors (Lipinski definition) is 5. The minimum Gasteiger partial charge on any atom is -0.400 e. The fourth-order valence-electron chi connectivity index (χ4n) is 2.70. The van der Waals surface area contributed by atoms with Crippen molar-refractivity contribution in [3.8, 4) is 0 Å². The molecule has 0 unspecified atom stereocenters. The van der Waals surface area contributed by atoms with Crippen molar-refractivity contribution in [3.05, 3.63) is 28.4 Å². The summed E-state index contributed by atoms with van der Waals surface area (Å²) in [6.45, 7) is 13.7. The zero-order valence-corrected chi connectivity index (χ0v) is 16.2. The zero-order chi connectivity index (χ0) is 19.0. The van der Waals surface area contributed by atoms with Crippen LogP contribution >= 0.6 is 0 Å². The first-order valence-electron chi connectivity index (χ1n) is 8.47. The number of carbonyl (C=O) groups excluding carboxylic acids is 1. The second-order valence-corrected chi connectivity index (χ2v) is 7.58. The molecule has 7 heteroatoms. The Morgan fingerprint density at radius 2 is 1.84 bits per heavy atom. The summed E-state index contributed by atoms with van der Waals surface area (Å²) in [6, 6.07) is 1.83. The molecule has 0 saturated carbocycles. The van der Waals surface area contributed by atoms with E-state index in [-0.39, 0.29) is 5.91 Å². The van der Waals surface area contributed by atoms with E-state index in [1.807, 2.05) is 53.7 Å². The highest BCUT2D eigenvalue weighted by Gasteiger charge is 2.52. The van der Waals surface area contributed by atoms with E-state index in [1.165, 1.54) is 6.92 Å². The molecule has 0 radical (unpaired) electrons. The number of nitrogens with one attached hydrogen (secondary N) is 1. The van der Waals surface area contributed by atoms with Gasteiger partial charge in [0.1, 0.15) is 5.82 Å². The number of hydrogen-bond donors (Lipinski definition) is 2. The molecule has 6 nitrogen and oxygen atoms in total. The second-order valence-electron chi connectivity index (χ2n) is 7.58. The van der Waals surface area contributed by atoms with Crippen molar-refractivity contribution in [1.29, 1.82) is 0 Å². The minimum absolute atomic E-state index is 0.105. The van der Waals surface area contributed by atoms with Crippen molar-refractivity contribution in [2.24, 2.45) is 0 Å². The Labute approximate surface area is 150 Å². The molecule has 0 bridgehead atoms. The highest BCUT2D eigenvalue weighted by Crippen LogP contribution is 2.39. The third-order valence-electron chi connectivity index (χ3n) is 4.90. The van der Waals surface area contributed by atoms with E-state index in [1.54, 1.807) is 0 Å². The molecule has 0 spiro atoms. The van der Waals surface area contributed by atoms with Gasteiger partial charge in [-0.2, -0.15) is 0 Å². The Bertz CT molecular complexity index is 675. The van der Waals surface area contributed by atoms with Crippen LogP contribution < -0.4 is 11.1 Å². The molecule has 1 aromatic heterocycles. The number of nitrogens with zero attached hydrogens (tertiary/aromatic N) is 1. The summed E-state index contributed by atoms with van der Waals surface area (Å²) >= 11 is 0. The van der Waals surface area contributed by atoms with E-state index in [9.17, 15) is 4.79 Å². The molecule has 1 aliphatic rings. The number of aryl methyl sites for hydroxylation is 2. The van der Waals surface area contributed by atoms with E-state index < -0.39 is 18.3 Å². The summed E-state index contributed by atoms with van der Waals surface area (Å²) in [5.74, 6) is 0.387. The first-order valence-corrected chi connectivity index (χ1v) is 8.47. The van der Waals surface area contributed by atoms with Gasteiger partial charge in [-0.1, -0.05) is 6.08 Å². The van der Waals surface area contributed by atoms with Gasteiger partial charge in [-0.25, -0.2) is 4.98 Å². The van der Waals surface area contributed by atoms with Gasteiger partial charge in [-0.05, 0) is 64.2 Å². The third-order valence-corrected chi connectivity index (χ3v) is 4.90. The van der Waals surface area contributed by atoms with Crippen LogP contribution in [0, 0.1) is 13.8 Å². The lowest BCUT2D eigenvalue weighted by atomic mass is 9.76. The topological polar surface area (TPSA) is 86.5 Å². The summed E-state index contributed by atoms with van der Waals surface area (Å²) in [5.41, 5.74) is 8.56. The van der Waals surface area contributed by atoms with Gasteiger partial charge in [0, 0.05) is 19.2 Å². The monoisotopic (exact) mass is 345 g/mol. The van der Waals surface area contributed by atoms with Gasteiger partial charge in [0.05, 0.1) is 11.2 Å². The molecule has 136 valence electrons. The lowest BCUT2D eigenvalue weighted by Crippen LogP contribution is -2.41. The molecule has 0 aromatic carbocycles. The molecule has 25 heavy (non-hydrogen) atoms. The fourth-order valence-corrected chi connectivity index (χ4v) is 2.70. The number of anilines is 1. The summed E-state index contributed by atoms with van der Waals surface area (Å²) in [6.07, 6.45) is 1.98. The van der Waals surface area contributed by atoms with Crippen molar-refractivity contribution in [3.63, 3.8) is 0 Å². The first-order chi connectivity index (χ1) is 11.4. The molecule has 1 saturated heterocycles. The van der Waals surface area contributed by atoms with Crippen LogP contribution in [-0.4, -0.2) is 35.8 Å². The van der Waals surface area contributed by atoms with Crippen LogP contribution in [0.2, 0.25) is 0 Å². The largest absolute Gasteiger partial charge is 0.492 e. The smallest absolute Gasteiger partial charge is 0.400 e. The van der Waals surface area contributed by atoms with E-state index in [2.05, 4.69) is 10.3 Å². The Balaban J connectivity index is 2.42. The normalized spacial score (nSPS) is 19.2. The molecule has 1 amide bonds. The molecular formula is C18H28BN3O3. The van der Waals surface area contributed by atoms with Crippen molar-refractivity contribution < 1.29 is 14.1 Å². The maximum atomic E-state index is 11.4. The summed E-state index contributed by atoms with van der Waals surface area (Å²) in [5, 5.41) is 2.84. The Morgan fingerprint density at radius 3 is 2.32 bits per heavy atom. The Hall–Kier alpha value is -1.86. The van der Waals surface area contributed by atoms with Gasteiger partial charge >= 0.3 is 7.12 Å². The number of nitrogen functional groups attached to an aromatic ring is 1. The van der Waals surface area contributed by atoms with Gasteiger partial charge < -0.3 is 20.4 Å². The van der Waals surface area contributed by atoms with Gasteiger partial charge in [0.15, 0.2) is 0 Å². The van der Waals surface area contributed by atoms with Crippen molar-refractivity contribution in [2.75, 3.05) is 12.3 Å². The van der Waals surface area contributed by atoms with Crippen LogP contribution in [0.1, 0.15) is 51.4 Å². The first kappa shape index (κ1) is 19.5. The van der Waals surface area contributed by atoms with Crippen LogP contribution in [-0.2, 0) is 14.1 Å². The van der Waals surface area contributed by atoms with Gasteiger partial charge in [0.2, 0.25) is 5.91 Å². The molecule has 0 aliphatic carbocycles. The van der Waals surface area contributed by atoms with Crippen LogP contribution in [0.5, 0.6) is 0 Å². The van der Waals surface area contributed by atoms with Crippen LogP contribution in [0.4, 0.5) is 5.82 Å². The van der Waals surface area contributed by atoms with Gasteiger partial charge in [-0.3, -0.25) is 4.79 Å². The van der Waals surface area contributed by atoms with Crippen LogP contribution in [0.3, 0.4) is 0 Å². The molecule has 2 rings (SSSR count). The van der Waals surface area contributed by atoms with Gasteiger partial charge in [-0.15, -0.1) is 0 Å². The van der Waals surface area contributed by atoms with Crippen LogP contribution in [0.25, 0.3) is 6.08 Å². The standard InChI is InChI=1S/C18H28BN3O3/c1-11-8-16(20)22-12(2)15(11)9-14(10-21-13(3)23)19-24-17(4,5)18(6,7)25-19/h8-9H,10H2,1-7H3,(H2,20,22)(H,21,23). The fraction of sp³-hybridized carbons (Fsp3) is 0.556. The predicted octanol–water partition coefficient (Wildman–Crippen LogP) is 2.43. The molecule has 1 aliphatic heterocycles. The van der Waals surface area contributed by atoms with Crippen molar-refractivity contribution in [2.45, 2.75) is 59.7 Å². The Morgan fingerprint density at radius 1 is 1.28 bits per heavy atom. The van der Waals surface area contributed by atoms with Gasteiger partial charge in [0.25, 0.3) is 0 Å². The number of nitrogens with two attached hydrogens (primary N) is 1. The minimum atomic E-state index is -0.534. The quantitative estimate of drug-likeness (QED) is 0.819. The zero-order valence-electron chi connectivity index (χ0n) is 16.2. The number of amides is 1. The van der Waals surface area contributed by atoms with Crippen molar-refractivity contribution >= 4 is 24.9 Å². The number of carbonyl (C=O) groups is 1. The van der Waals surface area contributed by atoms with Crippen LogP contribution in [0.15, 0.2) is 11.5 Å². The maximum absolute atomic E-state index is 11.4. The molecular weight excluding hydrogens is 317 g/mol. The lowest BCUT2D eigenvalue weighted by molar-refractivity contribution is -0.118. The highest BCUT2D eigenvalue weighted by atomic mass is 16.7. The summed E-state index contributed by atoms with van der Waals surface area (Å²) < 4.78 is 12.3. The highest BCUT2D eigenvalue weighted by molar-refractivity contribution is 6.56. The SMILES string of the molecule is CC(=O)NCC(=Cc1c(C)cc(N)nc1C)B1OC(C)(C)C(C)(C)O1. The maximum Gasteiger partial charge on any atom is 0.492 e. The number of pyridine rings is 1. The lowest BCUT2D eigenvalue weighted by Gasteiger charge is -2.32. The van der Waals surface area contributed by atoms with E-state index in [4.69, 9.17) is 15.0 Å².